The highest BCUT2D eigenvalue weighted by atomic mass is 16.6. The number of aromatic nitrogens is 1. The Hall–Kier alpha value is -4.20. The second kappa shape index (κ2) is 10.4. The van der Waals surface area contributed by atoms with Gasteiger partial charge in [-0.3, -0.25) is 19.5 Å². The lowest BCUT2D eigenvalue weighted by molar-refractivity contribution is -0.126. The molecule has 0 aliphatic carbocycles. The van der Waals surface area contributed by atoms with Crippen molar-refractivity contribution in [2.75, 3.05) is 5.32 Å². The van der Waals surface area contributed by atoms with Gasteiger partial charge >= 0.3 is 6.09 Å². The number of nitrogens with zero attached hydrogens (tertiary/aromatic N) is 2. The van der Waals surface area contributed by atoms with Crippen LogP contribution >= 0.6 is 0 Å². The Morgan fingerprint density at radius 2 is 1.86 bits per heavy atom. The average Bonchev–Trinajstić information content (AvgIpc) is 3.15. The molecule has 8 nitrogen and oxygen atoms in total. The fourth-order valence-electron chi connectivity index (χ4n) is 4.04. The third-order valence-electron chi connectivity index (χ3n) is 5.64. The molecule has 0 bridgehead atoms. The maximum Gasteiger partial charge on any atom is 0.411 e. The summed E-state index contributed by atoms with van der Waals surface area (Å²) in [4.78, 5) is 43.9. The Kier molecular flexibility index (Phi) is 7.10. The molecular formula is C27H28N4O4. The van der Waals surface area contributed by atoms with Crippen LogP contribution < -0.4 is 10.6 Å². The van der Waals surface area contributed by atoms with Crippen LogP contribution in [0.5, 0.6) is 0 Å². The third-order valence-corrected chi connectivity index (χ3v) is 5.64. The maximum atomic E-state index is 13.2. The molecule has 2 heterocycles. The second-order valence-electron chi connectivity index (χ2n) is 8.85. The van der Waals surface area contributed by atoms with Gasteiger partial charge in [0.05, 0.1) is 12.1 Å². The van der Waals surface area contributed by atoms with Crippen molar-refractivity contribution in [3.05, 3.63) is 95.3 Å². The van der Waals surface area contributed by atoms with Crippen molar-refractivity contribution < 1.29 is 19.1 Å². The van der Waals surface area contributed by atoms with Crippen molar-refractivity contribution in [2.24, 2.45) is 0 Å². The summed E-state index contributed by atoms with van der Waals surface area (Å²) in [6, 6.07) is 17.2. The number of aryl methyl sites for hydroxylation is 1. The van der Waals surface area contributed by atoms with Crippen molar-refractivity contribution >= 4 is 23.6 Å². The van der Waals surface area contributed by atoms with Crippen molar-refractivity contribution in [1.29, 1.82) is 0 Å². The Morgan fingerprint density at radius 3 is 2.51 bits per heavy atom. The number of pyridine rings is 1. The van der Waals surface area contributed by atoms with Gasteiger partial charge in [-0.2, -0.15) is 0 Å². The van der Waals surface area contributed by atoms with Gasteiger partial charge in [0.15, 0.2) is 12.1 Å². The molecule has 0 unspecified atom stereocenters. The quantitative estimate of drug-likeness (QED) is 0.536. The summed E-state index contributed by atoms with van der Waals surface area (Å²) in [5.41, 5.74) is 3.66. The van der Waals surface area contributed by atoms with Crippen molar-refractivity contribution in [3.63, 3.8) is 0 Å². The zero-order valence-corrected chi connectivity index (χ0v) is 19.9. The Morgan fingerprint density at radius 1 is 1.09 bits per heavy atom. The molecule has 2 N–H and O–H groups in total. The van der Waals surface area contributed by atoms with Crippen LogP contribution in [0.2, 0.25) is 0 Å². The molecular weight excluding hydrogens is 444 g/mol. The van der Waals surface area contributed by atoms with Crippen molar-refractivity contribution in [1.82, 2.24) is 15.2 Å². The van der Waals surface area contributed by atoms with Gasteiger partial charge in [0.1, 0.15) is 0 Å². The monoisotopic (exact) mass is 472 g/mol. The molecule has 3 aromatic rings. The molecule has 0 spiro atoms. The normalized spacial score (nSPS) is 17.3. The summed E-state index contributed by atoms with van der Waals surface area (Å²) in [5.74, 6) is -0.561. The molecule has 1 fully saturated rings. The number of nitrogens with one attached hydrogen (secondary N) is 2. The first-order valence-electron chi connectivity index (χ1n) is 11.5. The molecule has 2 atom stereocenters. The van der Waals surface area contributed by atoms with Gasteiger partial charge < -0.3 is 15.4 Å². The van der Waals surface area contributed by atoms with E-state index in [1.807, 2.05) is 45.0 Å². The van der Waals surface area contributed by atoms with Gasteiger partial charge in [0.25, 0.3) is 5.91 Å². The van der Waals surface area contributed by atoms with Crippen LogP contribution in [-0.2, 0) is 16.1 Å². The van der Waals surface area contributed by atoms with Crippen molar-refractivity contribution in [2.45, 2.75) is 45.5 Å². The van der Waals surface area contributed by atoms with Gasteiger partial charge in [0.2, 0.25) is 5.91 Å². The van der Waals surface area contributed by atoms with Crippen LogP contribution in [0, 0.1) is 6.92 Å². The maximum absolute atomic E-state index is 13.2. The summed E-state index contributed by atoms with van der Waals surface area (Å²) >= 11 is 0. The first-order valence-corrected chi connectivity index (χ1v) is 11.5. The van der Waals surface area contributed by atoms with Crippen molar-refractivity contribution in [3.8, 4) is 0 Å². The number of amides is 3. The number of rotatable bonds is 7. The fraction of sp³-hybridized carbons (Fsp3) is 0.259. The Bertz CT molecular complexity index is 1210. The van der Waals surface area contributed by atoms with Crippen LogP contribution in [0.4, 0.5) is 10.5 Å². The van der Waals surface area contributed by atoms with Gasteiger partial charge in [0, 0.05) is 24.1 Å². The van der Waals surface area contributed by atoms with Crippen LogP contribution in [0.3, 0.4) is 0 Å². The molecule has 180 valence electrons. The summed E-state index contributed by atoms with van der Waals surface area (Å²) in [6.45, 7) is 5.98. The number of ether oxygens (including phenoxy) is 1. The van der Waals surface area contributed by atoms with E-state index in [4.69, 9.17) is 4.74 Å². The van der Waals surface area contributed by atoms with Gasteiger partial charge in [-0.1, -0.05) is 42.0 Å². The minimum absolute atomic E-state index is 0.0928. The molecule has 0 saturated carbocycles. The van der Waals surface area contributed by atoms with Crippen LogP contribution in [0.15, 0.2) is 73.1 Å². The largest absolute Gasteiger partial charge is 0.438 e. The summed E-state index contributed by atoms with van der Waals surface area (Å²) in [6.07, 6.45) is 1.76. The molecule has 8 heteroatoms. The summed E-state index contributed by atoms with van der Waals surface area (Å²) in [7, 11) is 0. The predicted octanol–water partition coefficient (Wildman–Crippen LogP) is 4.23. The zero-order valence-electron chi connectivity index (χ0n) is 19.9. The Labute approximate surface area is 204 Å². The number of hydrogen-bond acceptors (Lipinski definition) is 5. The first kappa shape index (κ1) is 23.9. The lowest BCUT2D eigenvalue weighted by Gasteiger charge is -2.25. The number of benzene rings is 2. The predicted molar refractivity (Wildman–Crippen MR) is 132 cm³/mol. The van der Waals surface area contributed by atoms with E-state index in [0.717, 1.165) is 11.1 Å². The van der Waals surface area contributed by atoms with E-state index in [1.165, 1.54) is 11.1 Å². The van der Waals surface area contributed by atoms with Crippen LogP contribution in [0.1, 0.15) is 47.0 Å². The van der Waals surface area contributed by atoms with E-state index in [0.29, 0.717) is 16.8 Å². The van der Waals surface area contributed by atoms with Gasteiger partial charge in [-0.05, 0) is 56.2 Å². The minimum Gasteiger partial charge on any atom is -0.438 e. The smallest absolute Gasteiger partial charge is 0.411 e. The van der Waals surface area contributed by atoms with E-state index in [1.54, 1.807) is 42.6 Å². The molecule has 1 aromatic heterocycles. The van der Waals surface area contributed by atoms with Crippen LogP contribution in [0.25, 0.3) is 0 Å². The standard InChI is InChI=1S/C27H28N4O4/c1-17(2)29-26(33)23-24(35-27(34)31(23)16-19-7-4-6-18(3)14-19)20-9-11-22(12-10-20)30-25(32)21-8-5-13-28-15-21/h4-15,17,23-24H,16H2,1-3H3,(H,29,33)(H,30,32)/t23-,24-/m0/s1. The van der Waals surface area contributed by atoms with E-state index >= 15 is 0 Å². The highest BCUT2D eigenvalue weighted by Crippen LogP contribution is 2.34. The van der Waals surface area contributed by atoms with E-state index < -0.39 is 18.2 Å². The number of carbonyl (C=O) groups excluding carboxylic acids is 3. The van der Waals surface area contributed by atoms with Gasteiger partial charge in [-0.25, -0.2) is 4.79 Å². The Balaban J connectivity index is 1.56. The molecule has 1 saturated heterocycles. The number of cyclic esters (lactones) is 1. The van der Waals surface area contributed by atoms with Gasteiger partial charge in [-0.15, -0.1) is 0 Å². The van der Waals surface area contributed by atoms with E-state index in [2.05, 4.69) is 15.6 Å². The first-order chi connectivity index (χ1) is 16.8. The number of carbonyl (C=O) groups is 3. The molecule has 0 radical (unpaired) electrons. The molecule has 1 aliphatic rings. The molecule has 1 aliphatic heterocycles. The summed E-state index contributed by atoms with van der Waals surface area (Å²) < 4.78 is 5.70. The molecule has 35 heavy (non-hydrogen) atoms. The zero-order chi connectivity index (χ0) is 24.9. The fourth-order valence-corrected chi connectivity index (χ4v) is 4.04. The lowest BCUT2D eigenvalue weighted by Crippen LogP contribution is -2.48. The van der Waals surface area contributed by atoms with E-state index in [9.17, 15) is 14.4 Å². The average molecular weight is 473 g/mol. The third kappa shape index (κ3) is 5.66. The minimum atomic E-state index is -0.832. The molecule has 3 amide bonds. The number of anilines is 1. The molecule has 4 rings (SSSR count). The highest BCUT2D eigenvalue weighted by molar-refractivity contribution is 6.04. The highest BCUT2D eigenvalue weighted by Gasteiger charge is 2.47. The number of hydrogen-bond donors (Lipinski definition) is 2. The topological polar surface area (TPSA) is 101 Å². The summed E-state index contributed by atoms with van der Waals surface area (Å²) in [5, 5.41) is 5.73. The lowest BCUT2D eigenvalue weighted by atomic mass is 10.00. The van der Waals surface area contributed by atoms with E-state index in [-0.39, 0.29) is 24.4 Å². The molecule has 2 aromatic carbocycles. The SMILES string of the molecule is Cc1cccc(CN2C(=O)O[C@@H](c3ccc(NC(=O)c4cccnc4)cc3)[C@H]2C(=O)NC(C)C)c1. The van der Waals surface area contributed by atoms with Crippen LogP contribution in [-0.4, -0.2) is 39.9 Å². The second-order valence-corrected chi connectivity index (χ2v) is 8.85.